The molecule has 1 amide bonds. The molecule has 22 heavy (non-hydrogen) atoms. The van der Waals surface area contributed by atoms with Gasteiger partial charge in [-0.3, -0.25) is 9.89 Å². The van der Waals surface area contributed by atoms with Crippen LogP contribution in [0.5, 0.6) is 0 Å². The van der Waals surface area contributed by atoms with Crippen LogP contribution in [0.2, 0.25) is 0 Å². The predicted molar refractivity (Wildman–Crippen MR) is 82.7 cm³/mol. The molecule has 8 heteroatoms. The van der Waals surface area contributed by atoms with E-state index in [2.05, 4.69) is 20.5 Å². The highest BCUT2D eigenvalue weighted by Crippen LogP contribution is 2.12. The molecule has 0 radical (unpaired) electrons. The van der Waals surface area contributed by atoms with E-state index < -0.39 is 5.60 Å². The molecule has 1 aliphatic rings. The summed E-state index contributed by atoms with van der Waals surface area (Å²) in [7, 11) is 1.89. The fraction of sp³-hybridized carbons (Fsp3) is 0.714. The summed E-state index contributed by atoms with van der Waals surface area (Å²) in [6.45, 7) is 9.11. The van der Waals surface area contributed by atoms with Gasteiger partial charge in [-0.15, -0.1) is 10.2 Å². The highest BCUT2D eigenvalue weighted by atomic mass is 16.6. The Kier molecular flexibility index (Phi) is 4.68. The van der Waals surface area contributed by atoms with Crippen molar-refractivity contribution in [2.45, 2.75) is 39.3 Å². The third-order valence-corrected chi connectivity index (χ3v) is 3.18. The maximum Gasteiger partial charge on any atom is 0.410 e. The van der Waals surface area contributed by atoms with Crippen LogP contribution in [0.3, 0.4) is 0 Å². The zero-order valence-electron chi connectivity index (χ0n) is 13.8. The van der Waals surface area contributed by atoms with Crippen LogP contribution in [0.4, 0.5) is 4.79 Å². The van der Waals surface area contributed by atoms with Crippen molar-refractivity contribution in [3.05, 3.63) is 12.2 Å². The lowest BCUT2D eigenvalue weighted by molar-refractivity contribution is 0.0276. The first-order chi connectivity index (χ1) is 10.3. The monoisotopic (exact) mass is 308 g/mol. The standard InChI is InChI=1S/C14H24N6O2/c1-10(12-18-16-9-19(12)5)17-11-8-20(7-6-15-11)13(21)22-14(2,3)4/h9-10H,6-8H2,1-5H3,(H,15,17). The average molecular weight is 308 g/mol. The zero-order chi connectivity index (χ0) is 16.3. The number of carbonyl (C=O) groups is 1. The number of hydrogen-bond acceptors (Lipinski definition) is 6. The highest BCUT2D eigenvalue weighted by Gasteiger charge is 2.26. The van der Waals surface area contributed by atoms with Crippen LogP contribution in [0, 0.1) is 0 Å². The van der Waals surface area contributed by atoms with Gasteiger partial charge in [0, 0.05) is 13.6 Å². The van der Waals surface area contributed by atoms with Crippen LogP contribution in [0.1, 0.15) is 39.6 Å². The van der Waals surface area contributed by atoms with Gasteiger partial charge in [0.05, 0.1) is 19.1 Å². The second-order valence-corrected chi connectivity index (χ2v) is 6.40. The van der Waals surface area contributed by atoms with Crippen LogP contribution in [0.15, 0.2) is 11.3 Å². The van der Waals surface area contributed by atoms with Gasteiger partial charge in [-0.25, -0.2) is 4.79 Å². The van der Waals surface area contributed by atoms with E-state index >= 15 is 0 Å². The third-order valence-electron chi connectivity index (χ3n) is 3.18. The number of aromatic nitrogens is 3. The molecule has 0 saturated carbocycles. The van der Waals surface area contributed by atoms with Gasteiger partial charge in [0.25, 0.3) is 0 Å². The maximum atomic E-state index is 12.1. The van der Waals surface area contributed by atoms with E-state index in [-0.39, 0.29) is 12.1 Å². The molecule has 2 heterocycles. The summed E-state index contributed by atoms with van der Waals surface area (Å²) >= 11 is 0. The van der Waals surface area contributed by atoms with E-state index in [0.717, 1.165) is 11.7 Å². The van der Waals surface area contributed by atoms with Gasteiger partial charge >= 0.3 is 6.09 Å². The molecule has 0 aliphatic carbocycles. The van der Waals surface area contributed by atoms with Gasteiger partial charge in [0.1, 0.15) is 17.8 Å². The lowest BCUT2D eigenvalue weighted by Crippen LogP contribution is -2.47. The van der Waals surface area contributed by atoms with E-state index in [1.54, 1.807) is 11.2 Å². The van der Waals surface area contributed by atoms with Crippen LogP contribution in [-0.2, 0) is 11.8 Å². The lowest BCUT2D eigenvalue weighted by atomic mass is 10.2. The summed E-state index contributed by atoms with van der Waals surface area (Å²) in [4.78, 5) is 18.2. The van der Waals surface area contributed by atoms with Crippen molar-refractivity contribution in [3.8, 4) is 0 Å². The molecule has 1 unspecified atom stereocenters. The van der Waals surface area contributed by atoms with Gasteiger partial charge in [-0.05, 0) is 27.7 Å². The van der Waals surface area contributed by atoms with Gasteiger partial charge in [-0.1, -0.05) is 0 Å². The summed E-state index contributed by atoms with van der Waals surface area (Å²) < 4.78 is 7.25. The minimum absolute atomic E-state index is 0.0372. The quantitative estimate of drug-likeness (QED) is 0.885. The number of nitrogens with zero attached hydrogens (tertiary/aromatic N) is 5. The smallest absolute Gasteiger partial charge is 0.410 e. The van der Waals surface area contributed by atoms with E-state index in [1.807, 2.05) is 39.3 Å². The molecular formula is C14H24N6O2. The Balaban J connectivity index is 1.95. The van der Waals surface area contributed by atoms with Crippen molar-refractivity contribution in [1.29, 1.82) is 0 Å². The molecule has 2 rings (SSSR count). The number of amidine groups is 1. The number of ether oxygens (including phenoxy) is 1. The second kappa shape index (κ2) is 6.33. The SMILES string of the molecule is CC(NC1=NCCN(C(=O)OC(C)(C)C)C1)c1nncn1C. The Bertz CT molecular complexity index is 560. The summed E-state index contributed by atoms with van der Waals surface area (Å²) in [5.41, 5.74) is -0.495. The van der Waals surface area contributed by atoms with Crippen molar-refractivity contribution < 1.29 is 9.53 Å². The van der Waals surface area contributed by atoms with E-state index in [9.17, 15) is 4.79 Å². The first-order valence-electron chi connectivity index (χ1n) is 7.38. The number of nitrogens with one attached hydrogen (secondary N) is 1. The topological polar surface area (TPSA) is 84.6 Å². The predicted octanol–water partition coefficient (Wildman–Crippen LogP) is 1.11. The van der Waals surface area contributed by atoms with Crippen molar-refractivity contribution in [1.82, 2.24) is 25.0 Å². The Morgan fingerprint density at radius 2 is 2.18 bits per heavy atom. The van der Waals surface area contributed by atoms with Crippen LogP contribution in [-0.4, -0.2) is 56.8 Å². The maximum absolute atomic E-state index is 12.1. The molecule has 0 saturated heterocycles. The van der Waals surface area contributed by atoms with E-state index in [1.165, 1.54) is 0 Å². The van der Waals surface area contributed by atoms with E-state index in [0.29, 0.717) is 19.6 Å². The lowest BCUT2D eigenvalue weighted by Gasteiger charge is -2.30. The van der Waals surface area contributed by atoms with Crippen molar-refractivity contribution in [3.63, 3.8) is 0 Å². The second-order valence-electron chi connectivity index (χ2n) is 6.40. The minimum Gasteiger partial charge on any atom is -0.444 e. The number of aryl methyl sites for hydroxylation is 1. The fourth-order valence-electron chi connectivity index (χ4n) is 2.19. The normalized spacial score (nSPS) is 17.0. The van der Waals surface area contributed by atoms with Crippen molar-refractivity contribution >= 4 is 11.9 Å². The number of aliphatic imine (C=N–C) groups is 1. The third kappa shape index (κ3) is 4.19. The molecule has 1 aliphatic heterocycles. The largest absolute Gasteiger partial charge is 0.444 e. The molecule has 8 nitrogen and oxygen atoms in total. The number of amides is 1. The molecule has 1 N–H and O–H groups in total. The molecule has 0 aromatic carbocycles. The molecule has 1 aromatic rings. The Morgan fingerprint density at radius 1 is 1.45 bits per heavy atom. The van der Waals surface area contributed by atoms with Crippen LogP contribution in [0.25, 0.3) is 0 Å². The molecular weight excluding hydrogens is 284 g/mol. The summed E-state index contributed by atoms with van der Waals surface area (Å²) in [5, 5.41) is 11.2. The van der Waals surface area contributed by atoms with Gasteiger partial charge in [0.2, 0.25) is 0 Å². The molecule has 0 bridgehead atoms. The minimum atomic E-state index is -0.495. The summed E-state index contributed by atoms with van der Waals surface area (Å²) in [5.74, 6) is 1.57. The van der Waals surface area contributed by atoms with Crippen LogP contribution >= 0.6 is 0 Å². The van der Waals surface area contributed by atoms with Gasteiger partial charge in [-0.2, -0.15) is 0 Å². The van der Waals surface area contributed by atoms with Crippen molar-refractivity contribution in [2.75, 3.05) is 19.6 Å². The average Bonchev–Trinajstić information content (AvgIpc) is 2.83. The summed E-state index contributed by atoms with van der Waals surface area (Å²) in [6, 6.07) is -0.0372. The molecule has 1 aromatic heterocycles. The highest BCUT2D eigenvalue weighted by molar-refractivity contribution is 5.88. The Morgan fingerprint density at radius 3 is 2.77 bits per heavy atom. The first kappa shape index (κ1) is 16.3. The van der Waals surface area contributed by atoms with Crippen molar-refractivity contribution in [2.24, 2.45) is 12.0 Å². The summed E-state index contributed by atoms with van der Waals surface area (Å²) in [6.07, 6.45) is 1.34. The van der Waals surface area contributed by atoms with Crippen LogP contribution < -0.4 is 5.32 Å². The number of hydrogen-bond donors (Lipinski definition) is 1. The first-order valence-corrected chi connectivity index (χ1v) is 7.38. The van der Waals surface area contributed by atoms with E-state index in [4.69, 9.17) is 4.74 Å². The Hall–Kier alpha value is -2.12. The molecule has 1 atom stereocenters. The molecule has 122 valence electrons. The number of carbonyl (C=O) groups excluding carboxylic acids is 1. The Labute approximate surface area is 130 Å². The zero-order valence-corrected chi connectivity index (χ0v) is 13.8. The molecule has 0 spiro atoms. The molecule has 0 fully saturated rings. The van der Waals surface area contributed by atoms with Gasteiger partial charge < -0.3 is 14.6 Å². The van der Waals surface area contributed by atoms with Gasteiger partial charge in [0.15, 0.2) is 5.82 Å². The fourth-order valence-corrected chi connectivity index (χ4v) is 2.19. The number of rotatable bonds is 2.